The summed E-state index contributed by atoms with van der Waals surface area (Å²) in [7, 11) is -3.18. The normalized spacial score (nSPS) is 14.5. The van der Waals surface area contributed by atoms with Crippen LogP contribution in [-0.2, 0) is 9.84 Å². The van der Waals surface area contributed by atoms with Crippen LogP contribution in [0.5, 0.6) is 0 Å². The number of rotatable bonds is 3. The Morgan fingerprint density at radius 1 is 0.964 bits per heavy atom. The van der Waals surface area contributed by atoms with Crippen molar-refractivity contribution < 1.29 is 13.5 Å². The highest BCUT2D eigenvalue weighted by molar-refractivity contribution is 7.90. The first-order valence-electron chi connectivity index (χ1n) is 10.0. The van der Waals surface area contributed by atoms with E-state index in [9.17, 15) is 13.5 Å². The van der Waals surface area contributed by atoms with Crippen LogP contribution in [0, 0.1) is 6.92 Å². The molecule has 1 aromatic heterocycles. The van der Waals surface area contributed by atoms with Crippen molar-refractivity contribution in [2.45, 2.75) is 58.5 Å². The number of aliphatic hydroxyl groups excluding tert-OH is 1. The summed E-state index contributed by atoms with van der Waals surface area (Å²) in [6, 6.07) is 11.0. The fourth-order valence-corrected chi connectivity index (χ4v) is 3.60. The maximum Gasteiger partial charge on any atom is 0.175 e. The van der Waals surface area contributed by atoms with Gasteiger partial charge in [-0.15, -0.1) is 0 Å². The van der Waals surface area contributed by atoms with Crippen LogP contribution in [0.15, 0.2) is 41.3 Å². The Kier molecular flexibility index (Phi) is 9.62. The van der Waals surface area contributed by atoms with Gasteiger partial charge in [-0.25, -0.2) is 13.4 Å². The number of anilines is 1. The van der Waals surface area contributed by atoms with Crippen LogP contribution in [0.25, 0.3) is 11.1 Å². The molecule has 3 rings (SSSR count). The minimum Gasteiger partial charge on any atom is -0.393 e. The lowest BCUT2D eigenvalue weighted by atomic mass is 10.0. The molecule has 1 saturated heterocycles. The number of aromatic nitrogens is 1. The van der Waals surface area contributed by atoms with Gasteiger partial charge in [0.25, 0.3) is 0 Å². The molecule has 1 N–H and O–H groups in total. The van der Waals surface area contributed by atoms with Crippen molar-refractivity contribution in [3.63, 3.8) is 0 Å². The second-order valence-corrected chi connectivity index (χ2v) is 8.39. The van der Waals surface area contributed by atoms with Gasteiger partial charge in [0, 0.05) is 25.0 Å². The fourth-order valence-electron chi connectivity index (χ4n) is 2.97. The molecule has 0 radical (unpaired) electrons. The van der Waals surface area contributed by atoms with Gasteiger partial charge in [-0.05, 0) is 55.2 Å². The Morgan fingerprint density at radius 2 is 1.50 bits per heavy atom. The van der Waals surface area contributed by atoms with Crippen molar-refractivity contribution >= 4 is 15.7 Å². The first-order valence-corrected chi connectivity index (χ1v) is 11.9. The Morgan fingerprint density at radius 3 is 2.00 bits per heavy atom. The van der Waals surface area contributed by atoms with Gasteiger partial charge in [0.1, 0.15) is 5.82 Å². The van der Waals surface area contributed by atoms with E-state index in [1.54, 1.807) is 12.1 Å². The molecule has 1 aliphatic rings. The molecule has 2 aromatic rings. The number of benzene rings is 1. The van der Waals surface area contributed by atoms with Gasteiger partial charge in [-0.2, -0.15) is 0 Å². The zero-order valence-electron chi connectivity index (χ0n) is 17.9. The van der Waals surface area contributed by atoms with Gasteiger partial charge in [-0.3, -0.25) is 0 Å². The topological polar surface area (TPSA) is 70.5 Å². The number of piperidine rings is 1. The third-order valence-electron chi connectivity index (χ3n) is 4.34. The maximum absolute atomic E-state index is 11.6. The van der Waals surface area contributed by atoms with Gasteiger partial charge in [0.15, 0.2) is 9.84 Å². The van der Waals surface area contributed by atoms with E-state index in [0.717, 1.165) is 48.6 Å². The minimum absolute atomic E-state index is 0.214. The van der Waals surface area contributed by atoms with Crippen LogP contribution in [0.3, 0.4) is 0 Å². The summed E-state index contributed by atoms with van der Waals surface area (Å²) >= 11 is 0. The van der Waals surface area contributed by atoms with Crippen LogP contribution in [0.4, 0.5) is 5.82 Å². The number of aryl methyl sites for hydroxylation is 1. The molecule has 6 heteroatoms. The highest BCUT2D eigenvalue weighted by Crippen LogP contribution is 2.27. The molecule has 0 amide bonds. The first-order chi connectivity index (χ1) is 13.3. The van der Waals surface area contributed by atoms with Gasteiger partial charge in [-0.1, -0.05) is 39.8 Å². The second-order valence-electron chi connectivity index (χ2n) is 6.37. The van der Waals surface area contributed by atoms with E-state index in [0.29, 0.717) is 4.90 Å². The van der Waals surface area contributed by atoms with Gasteiger partial charge >= 0.3 is 0 Å². The SMILES string of the molecule is CC.CC.Cc1cc(-c2ccc(S(C)(=O)=O)cc2)cc(N2CCC(O)CC2)n1. The zero-order chi connectivity index (χ0) is 21.3. The number of sulfone groups is 1. The smallest absolute Gasteiger partial charge is 0.175 e. The van der Waals surface area contributed by atoms with Gasteiger partial charge in [0.05, 0.1) is 11.0 Å². The summed E-state index contributed by atoms with van der Waals surface area (Å²) < 4.78 is 23.2. The minimum atomic E-state index is -3.18. The molecule has 0 unspecified atom stereocenters. The fraction of sp³-hybridized carbons (Fsp3) is 0.500. The molecular formula is C22H34N2O3S. The Hall–Kier alpha value is -1.92. The maximum atomic E-state index is 11.6. The number of hydrogen-bond donors (Lipinski definition) is 1. The molecule has 0 atom stereocenters. The number of nitrogens with zero attached hydrogens (tertiary/aromatic N) is 2. The summed E-state index contributed by atoms with van der Waals surface area (Å²) in [5, 5.41) is 9.66. The Balaban J connectivity index is 0.000000921. The van der Waals surface area contributed by atoms with Crippen LogP contribution in [-0.4, -0.2) is 44.0 Å². The predicted molar refractivity (Wildman–Crippen MR) is 118 cm³/mol. The number of pyridine rings is 1. The van der Waals surface area contributed by atoms with Crippen LogP contribution in [0.2, 0.25) is 0 Å². The molecule has 0 aliphatic carbocycles. The highest BCUT2D eigenvalue weighted by Gasteiger charge is 2.19. The lowest BCUT2D eigenvalue weighted by Gasteiger charge is -2.31. The molecule has 156 valence electrons. The van der Waals surface area contributed by atoms with E-state index in [4.69, 9.17) is 0 Å². The predicted octanol–water partition coefficient (Wildman–Crippen LogP) is 4.47. The lowest BCUT2D eigenvalue weighted by molar-refractivity contribution is 0.145. The third-order valence-corrected chi connectivity index (χ3v) is 5.47. The second kappa shape index (κ2) is 11.2. The molecule has 2 heterocycles. The van der Waals surface area contributed by atoms with E-state index in [-0.39, 0.29) is 6.10 Å². The molecule has 1 aromatic carbocycles. The number of aliphatic hydroxyl groups is 1. The molecule has 5 nitrogen and oxygen atoms in total. The molecular weight excluding hydrogens is 372 g/mol. The quantitative estimate of drug-likeness (QED) is 0.814. The van der Waals surface area contributed by atoms with E-state index in [1.807, 2.05) is 58.9 Å². The molecule has 0 bridgehead atoms. The molecule has 1 aliphatic heterocycles. The van der Waals surface area contributed by atoms with E-state index in [2.05, 4.69) is 9.88 Å². The summed E-state index contributed by atoms with van der Waals surface area (Å²) in [5.41, 5.74) is 2.90. The monoisotopic (exact) mass is 406 g/mol. The van der Waals surface area contributed by atoms with Crippen LogP contribution in [0.1, 0.15) is 46.2 Å². The number of hydrogen-bond acceptors (Lipinski definition) is 5. The van der Waals surface area contributed by atoms with Crippen molar-refractivity contribution in [2.24, 2.45) is 0 Å². The highest BCUT2D eigenvalue weighted by atomic mass is 32.2. The summed E-state index contributed by atoms with van der Waals surface area (Å²) in [4.78, 5) is 7.12. The molecule has 1 fully saturated rings. The largest absolute Gasteiger partial charge is 0.393 e. The van der Waals surface area contributed by atoms with Crippen molar-refractivity contribution in [3.05, 3.63) is 42.1 Å². The van der Waals surface area contributed by atoms with Gasteiger partial charge < -0.3 is 10.0 Å². The zero-order valence-corrected chi connectivity index (χ0v) is 18.8. The van der Waals surface area contributed by atoms with Crippen LogP contribution >= 0.6 is 0 Å². The van der Waals surface area contributed by atoms with Crippen LogP contribution < -0.4 is 4.90 Å². The van der Waals surface area contributed by atoms with Crippen molar-refractivity contribution in [1.29, 1.82) is 0 Å². The third kappa shape index (κ3) is 6.60. The van der Waals surface area contributed by atoms with E-state index >= 15 is 0 Å². The van der Waals surface area contributed by atoms with Crippen molar-refractivity contribution in [3.8, 4) is 11.1 Å². The van der Waals surface area contributed by atoms with E-state index in [1.165, 1.54) is 6.26 Å². The molecule has 0 saturated carbocycles. The lowest BCUT2D eigenvalue weighted by Crippen LogP contribution is -2.36. The summed E-state index contributed by atoms with van der Waals surface area (Å²) in [6.45, 7) is 11.5. The van der Waals surface area contributed by atoms with Crippen molar-refractivity contribution in [2.75, 3.05) is 24.2 Å². The first kappa shape index (κ1) is 24.1. The van der Waals surface area contributed by atoms with Gasteiger partial charge in [0.2, 0.25) is 0 Å². The Labute approximate surface area is 170 Å². The molecule has 28 heavy (non-hydrogen) atoms. The summed E-state index contributed by atoms with van der Waals surface area (Å²) in [5.74, 6) is 0.907. The standard InChI is InChI=1S/C18H22N2O3S.2C2H6/c1-13-11-15(14-3-5-17(6-4-14)24(2,22)23)12-18(19-13)20-9-7-16(21)8-10-20;2*1-2/h3-6,11-12,16,21H,7-10H2,1-2H3;2*1-2H3. The van der Waals surface area contributed by atoms with Crippen molar-refractivity contribution in [1.82, 2.24) is 4.98 Å². The summed E-state index contributed by atoms with van der Waals surface area (Å²) in [6.07, 6.45) is 2.51. The average Bonchev–Trinajstić information content (AvgIpc) is 2.70. The Bertz CT molecular complexity index is 825. The average molecular weight is 407 g/mol. The molecule has 0 spiro atoms. The van der Waals surface area contributed by atoms with E-state index < -0.39 is 9.84 Å².